The number of carboxylic acid groups (broad SMARTS) is 1. The van der Waals surface area contributed by atoms with Gasteiger partial charge in [0.15, 0.2) is 0 Å². The Kier molecular flexibility index (Phi) is 4.89. The molecule has 0 aliphatic rings. The van der Waals surface area contributed by atoms with Crippen molar-refractivity contribution in [3.8, 4) is 0 Å². The summed E-state index contributed by atoms with van der Waals surface area (Å²) in [6, 6.07) is -0.436. The zero-order chi connectivity index (χ0) is 8.69. The topological polar surface area (TPSA) is 78.4 Å². The molecule has 0 heterocycles. The smallest absolute Gasteiger partial charge is 0.323 e. The van der Waals surface area contributed by atoms with Crippen molar-refractivity contribution < 1.29 is 14.7 Å². The molecule has 0 saturated heterocycles. The van der Waals surface area contributed by atoms with Gasteiger partial charge in [0, 0.05) is 6.54 Å². The third-order valence-electron chi connectivity index (χ3n) is 0.936. The van der Waals surface area contributed by atoms with Crippen LogP contribution >= 0.6 is 0 Å². The van der Waals surface area contributed by atoms with E-state index in [9.17, 15) is 9.59 Å². The van der Waals surface area contributed by atoms with Crippen molar-refractivity contribution in [2.45, 2.75) is 13.3 Å². The van der Waals surface area contributed by atoms with E-state index in [1.807, 2.05) is 6.92 Å². The molecule has 11 heavy (non-hydrogen) atoms. The molecule has 0 aliphatic carbocycles. The van der Waals surface area contributed by atoms with Gasteiger partial charge in [-0.3, -0.25) is 4.79 Å². The third-order valence-corrected chi connectivity index (χ3v) is 0.936. The first kappa shape index (κ1) is 9.74. The molecule has 0 spiro atoms. The molecule has 0 aromatic heterocycles. The Balaban J connectivity index is 3.30. The van der Waals surface area contributed by atoms with Crippen LogP contribution in [-0.4, -0.2) is 30.2 Å². The number of carbonyl (C=O) groups excluding carboxylic acids is 1. The molecule has 0 rings (SSSR count). The Morgan fingerprint density at radius 2 is 2.00 bits per heavy atom. The number of carbonyl (C=O) groups is 2. The van der Waals surface area contributed by atoms with Crippen LogP contribution in [0.3, 0.4) is 0 Å². The summed E-state index contributed by atoms with van der Waals surface area (Å²) in [6.45, 7) is 2.14. The van der Waals surface area contributed by atoms with E-state index in [1.54, 1.807) is 0 Å². The van der Waals surface area contributed by atoms with Crippen LogP contribution in [0.25, 0.3) is 0 Å². The van der Waals surface area contributed by atoms with Crippen LogP contribution in [0.5, 0.6) is 0 Å². The Morgan fingerprint density at radius 1 is 1.36 bits per heavy atom. The van der Waals surface area contributed by atoms with Gasteiger partial charge in [0.2, 0.25) is 0 Å². The Hall–Kier alpha value is -1.26. The maximum Gasteiger partial charge on any atom is 0.323 e. The maximum atomic E-state index is 10.6. The van der Waals surface area contributed by atoms with Crippen molar-refractivity contribution in [3.05, 3.63) is 0 Å². The van der Waals surface area contributed by atoms with E-state index in [2.05, 4.69) is 10.6 Å². The summed E-state index contributed by atoms with van der Waals surface area (Å²) < 4.78 is 0. The van der Waals surface area contributed by atoms with Crippen LogP contribution in [-0.2, 0) is 4.79 Å². The third kappa shape index (κ3) is 6.63. The van der Waals surface area contributed by atoms with Gasteiger partial charge in [-0.05, 0) is 6.42 Å². The summed E-state index contributed by atoms with van der Waals surface area (Å²) in [5, 5.41) is 12.8. The summed E-state index contributed by atoms with van der Waals surface area (Å²) in [6.07, 6.45) is 0.834. The number of hydrogen-bond acceptors (Lipinski definition) is 2. The molecule has 0 unspecified atom stereocenters. The molecule has 5 heteroatoms. The summed E-state index contributed by atoms with van der Waals surface area (Å²) in [5.41, 5.74) is 0. The van der Waals surface area contributed by atoms with Gasteiger partial charge < -0.3 is 15.7 Å². The maximum absolute atomic E-state index is 10.6. The zero-order valence-corrected chi connectivity index (χ0v) is 6.39. The number of urea groups is 1. The molecular weight excluding hydrogens is 148 g/mol. The second kappa shape index (κ2) is 5.52. The van der Waals surface area contributed by atoms with Crippen molar-refractivity contribution >= 4 is 12.0 Å². The Labute approximate surface area is 64.8 Å². The van der Waals surface area contributed by atoms with Crippen molar-refractivity contribution in [3.63, 3.8) is 0 Å². The van der Waals surface area contributed by atoms with Gasteiger partial charge in [0.1, 0.15) is 6.54 Å². The van der Waals surface area contributed by atoms with Crippen LogP contribution in [0.15, 0.2) is 0 Å². The number of aliphatic carboxylic acids is 1. The summed E-state index contributed by atoms with van der Waals surface area (Å²) >= 11 is 0. The molecule has 3 N–H and O–H groups in total. The first-order valence-electron chi connectivity index (χ1n) is 3.40. The molecule has 64 valence electrons. The molecule has 0 bridgehead atoms. The first-order valence-corrected chi connectivity index (χ1v) is 3.40. The fourth-order valence-corrected chi connectivity index (χ4v) is 0.457. The number of nitrogens with one attached hydrogen (secondary N) is 2. The standard InChI is InChI=1S/C6H12N2O3/c1-2-3-7-6(11)8-4-5(9)10/h2-4H2,1H3,(H,9,10)(H2,7,8,11). The van der Waals surface area contributed by atoms with Crippen LogP contribution in [0.1, 0.15) is 13.3 Å². The highest BCUT2D eigenvalue weighted by molar-refractivity contribution is 5.79. The SMILES string of the molecule is CCCNC(=O)NCC(=O)O. The summed E-state index contributed by atoms with van der Waals surface area (Å²) in [7, 11) is 0. The normalized spacial score (nSPS) is 8.82. The van der Waals surface area contributed by atoms with Crippen molar-refractivity contribution in [1.29, 1.82) is 0 Å². The van der Waals surface area contributed by atoms with Gasteiger partial charge in [-0.15, -0.1) is 0 Å². The molecule has 2 amide bonds. The largest absolute Gasteiger partial charge is 0.480 e. The predicted molar refractivity (Wildman–Crippen MR) is 39.3 cm³/mol. The Morgan fingerprint density at radius 3 is 2.45 bits per heavy atom. The first-order chi connectivity index (χ1) is 5.16. The molecule has 0 aromatic carbocycles. The second-order valence-electron chi connectivity index (χ2n) is 2.00. The highest BCUT2D eigenvalue weighted by atomic mass is 16.4. The van der Waals surface area contributed by atoms with Crippen molar-refractivity contribution in [1.82, 2.24) is 10.6 Å². The molecule has 0 radical (unpaired) electrons. The van der Waals surface area contributed by atoms with E-state index >= 15 is 0 Å². The van der Waals surface area contributed by atoms with Crippen LogP contribution < -0.4 is 10.6 Å². The lowest BCUT2D eigenvalue weighted by atomic mass is 10.5. The molecular formula is C6H12N2O3. The zero-order valence-electron chi connectivity index (χ0n) is 6.39. The molecule has 0 atom stereocenters. The van der Waals surface area contributed by atoms with Gasteiger partial charge in [-0.25, -0.2) is 4.79 Å². The quantitative estimate of drug-likeness (QED) is 0.532. The van der Waals surface area contributed by atoms with Gasteiger partial charge in [-0.2, -0.15) is 0 Å². The number of rotatable bonds is 4. The van der Waals surface area contributed by atoms with Crippen LogP contribution in [0.2, 0.25) is 0 Å². The number of hydrogen-bond donors (Lipinski definition) is 3. The molecule has 5 nitrogen and oxygen atoms in total. The van der Waals surface area contributed by atoms with E-state index in [1.165, 1.54) is 0 Å². The lowest BCUT2D eigenvalue weighted by Crippen LogP contribution is -2.38. The van der Waals surface area contributed by atoms with E-state index < -0.39 is 12.0 Å². The van der Waals surface area contributed by atoms with Gasteiger partial charge >= 0.3 is 12.0 Å². The van der Waals surface area contributed by atoms with Crippen LogP contribution in [0.4, 0.5) is 4.79 Å². The molecule has 0 saturated carbocycles. The van der Waals surface area contributed by atoms with E-state index in [0.717, 1.165) is 6.42 Å². The lowest BCUT2D eigenvalue weighted by molar-refractivity contribution is -0.135. The number of amides is 2. The minimum Gasteiger partial charge on any atom is -0.480 e. The van der Waals surface area contributed by atoms with Crippen molar-refractivity contribution in [2.75, 3.05) is 13.1 Å². The number of carboxylic acids is 1. The minimum atomic E-state index is -1.04. The Bertz CT molecular complexity index is 147. The van der Waals surface area contributed by atoms with E-state index in [-0.39, 0.29) is 6.54 Å². The highest BCUT2D eigenvalue weighted by Crippen LogP contribution is 1.70. The minimum absolute atomic E-state index is 0.338. The fourth-order valence-electron chi connectivity index (χ4n) is 0.457. The monoisotopic (exact) mass is 160 g/mol. The van der Waals surface area contributed by atoms with Gasteiger partial charge in [0.25, 0.3) is 0 Å². The molecule has 0 aliphatic heterocycles. The average Bonchev–Trinajstić information content (AvgIpc) is 1.97. The van der Waals surface area contributed by atoms with E-state index in [0.29, 0.717) is 6.54 Å². The second-order valence-corrected chi connectivity index (χ2v) is 2.00. The lowest BCUT2D eigenvalue weighted by Gasteiger charge is -2.02. The van der Waals surface area contributed by atoms with Gasteiger partial charge in [-0.1, -0.05) is 6.92 Å². The van der Waals surface area contributed by atoms with Gasteiger partial charge in [0.05, 0.1) is 0 Å². The predicted octanol–water partition coefficient (Wildman–Crippen LogP) is -0.220. The molecule has 0 aromatic rings. The highest BCUT2D eigenvalue weighted by Gasteiger charge is 2.00. The van der Waals surface area contributed by atoms with Crippen LogP contribution in [0, 0.1) is 0 Å². The van der Waals surface area contributed by atoms with E-state index in [4.69, 9.17) is 5.11 Å². The summed E-state index contributed by atoms with van der Waals surface area (Å²) in [4.78, 5) is 20.6. The average molecular weight is 160 g/mol. The molecule has 0 fully saturated rings. The fraction of sp³-hybridized carbons (Fsp3) is 0.667. The summed E-state index contributed by atoms with van der Waals surface area (Å²) in [5.74, 6) is -1.04. The van der Waals surface area contributed by atoms with Crippen molar-refractivity contribution in [2.24, 2.45) is 0 Å².